The summed E-state index contributed by atoms with van der Waals surface area (Å²) in [6.07, 6.45) is 7.45. The van der Waals surface area contributed by atoms with Crippen molar-refractivity contribution in [3.05, 3.63) is 29.8 Å². The van der Waals surface area contributed by atoms with Gasteiger partial charge in [-0.2, -0.15) is 0 Å². The Morgan fingerprint density at radius 2 is 2.10 bits per heavy atom. The van der Waals surface area contributed by atoms with Gasteiger partial charge in [-0.3, -0.25) is 0 Å². The van der Waals surface area contributed by atoms with Crippen LogP contribution < -0.4 is 10.2 Å². The highest BCUT2D eigenvalue weighted by atomic mass is 16.4. The van der Waals surface area contributed by atoms with Gasteiger partial charge in [0.25, 0.3) is 0 Å². The molecule has 0 unspecified atom stereocenters. The van der Waals surface area contributed by atoms with E-state index in [-0.39, 0.29) is 0 Å². The van der Waals surface area contributed by atoms with Gasteiger partial charge < -0.3 is 15.3 Å². The number of anilines is 1. The van der Waals surface area contributed by atoms with Gasteiger partial charge in [0.15, 0.2) is 0 Å². The molecular formula is C17H26N2O2. The molecule has 4 nitrogen and oxygen atoms in total. The molecule has 0 radical (unpaired) electrons. The maximum Gasteiger partial charge on any atom is 0.404 e. The van der Waals surface area contributed by atoms with E-state index >= 15 is 0 Å². The number of hydrogen-bond acceptors (Lipinski definition) is 2. The average Bonchev–Trinajstić information content (AvgIpc) is 2.52. The Labute approximate surface area is 127 Å². The van der Waals surface area contributed by atoms with E-state index in [0.29, 0.717) is 12.6 Å². The van der Waals surface area contributed by atoms with Crippen LogP contribution in [-0.2, 0) is 6.42 Å². The van der Waals surface area contributed by atoms with Gasteiger partial charge in [0.2, 0.25) is 0 Å². The Bertz CT molecular complexity index is 456. The van der Waals surface area contributed by atoms with Crippen molar-refractivity contribution in [3.8, 4) is 0 Å². The number of carboxylic acid groups (broad SMARTS) is 1. The van der Waals surface area contributed by atoms with E-state index in [4.69, 9.17) is 5.11 Å². The van der Waals surface area contributed by atoms with Crippen LogP contribution in [0.2, 0.25) is 0 Å². The van der Waals surface area contributed by atoms with E-state index in [9.17, 15) is 4.79 Å². The molecule has 2 rings (SSSR count). The standard InChI is InChI=1S/C17H26N2O2/c1-19(15-9-3-2-4-10-15)16-11-5-7-14(13-16)8-6-12-18-17(20)21/h5,7,11,13,15,18H,2-4,6,8-10,12H2,1H3,(H,20,21). The summed E-state index contributed by atoms with van der Waals surface area (Å²) in [6, 6.07) is 9.32. The normalized spacial score (nSPS) is 15.7. The predicted octanol–water partition coefficient (Wildman–Crippen LogP) is 3.66. The van der Waals surface area contributed by atoms with Crippen molar-refractivity contribution in [1.82, 2.24) is 5.32 Å². The first-order valence-electron chi connectivity index (χ1n) is 7.95. The molecule has 1 saturated carbocycles. The minimum Gasteiger partial charge on any atom is -0.465 e. The number of aryl methyl sites for hydroxylation is 1. The molecule has 1 aliphatic rings. The molecule has 0 atom stereocenters. The van der Waals surface area contributed by atoms with Crippen molar-refractivity contribution >= 4 is 11.8 Å². The first-order valence-corrected chi connectivity index (χ1v) is 7.95. The minimum absolute atomic E-state index is 0.512. The van der Waals surface area contributed by atoms with Crippen molar-refractivity contribution in [2.75, 3.05) is 18.5 Å². The largest absolute Gasteiger partial charge is 0.465 e. The first-order chi connectivity index (χ1) is 10.2. The van der Waals surface area contributed by atoms with Crippen LogP contribution in [0.25, 0.3) is 0 Å². The molecule has 0 saturated heterocycles. The SMILES string of the molecule is CN(c1cccc(CCCNC(=O)O)c1)C1CCCCC1. The Balaban J connectivity index is 1.88. The van der Waals surface area contributed by atoms with Crippen molar-refractivity contribution in [1.29, 1.82) is 0 Å². The fourth-order valence-corrected chi connectivity index (χ4v) is 3.10. The zero-order valence-electron chi connectivity index (χ0n) is 12.8. The van der Waals surface area contributed by atoms with Gasteiger partial charge in [0, 0.05) is 25.3 Å². The average molecular weight is 290 g/mol. The van der Waals surface area contributed by atoms with E-state index in [1.54, 1.807) is 0 Å². The molecule has 116 valence electrons. The van der Waals surface area contributed by atoms with Gasteiger partial charge in [-0.15, -0.1) is 0 Å². The number of hydrogen-bond donors (Lipinski definition) is 2. The molecule has 0 bridgehead atoms. The summed E-state index contributed by atoms with van der Waals surface area (Å²) in [5, 5.41) is 11.0. The molecule has 1 aromatic rings. The fourth-order valence-electron chi connectivity index (χ4n) is 3.10. The molecule has 0 aliphatic heterocycles. The molecule has 1 aliphatic carbocycles. The molecular weight excluding hydrogens is 264 g/mol. The van der Waals surface area contributed by atoms with Gasteiger partial charge in [-0.05, 0) is 43.4 Å². The van der Waals surface area contributed by atoms with Crippen LogP contribution in [0.15, 0.2) is 24.3 Å². The van der Waals surface area contributed by atoms with E-state index < -0.39 is 6.09 Å². The highest BCUT2D eigenvalue weighted by molar-refractivity contribution is 5.64. The van der Waals surface area contributed by atoms with Crippen LogP contribution in [0.1, 0.15) is 44.1 Å². The third kappa shape index (κ3) is 4.96. The van der Waals surface area contributed by atoms with Gasteiger partial charge >= 0.3 is 6.09 Å². The quantitative estimate of drug-likeness (QED) is 0.786. The summed E-state index contributed by atoms with van der Waals surface area (Å²) in [7, 11) is 2.20. The van der Waals surface area contributed by atoms with Gasteiger partial charge in [0.1, 0.15) is 0 Å². The zero-order chi connectivity index (χ0) is 15.1. The second-order valence-corrected chi connectivity index (χ2v) is 5.91. The Kier molecular flexibility index (Phi) is 5.90. The molecule has 1 fully saturated rings. The van der Waals surface area contributed by atoms with Gasteiger partial charge in [-0.1, -0.05) is 31.4 Å². The van der Waals surface area contributed by atoms with Crippen molar-refractivity contribution in [2.24, 2.45) is 0 Å². The van der Waals surface area contributed by atoms with Crippen molar-refractivity contribution in [3.63, 3.8) is 0 Å². The summed E-state index contributed by atoms with van der Waals surface area (Å²) in [4.78, 5) is 12.8. The van der Waals surface area contributed by atoms with Crippen LogP contribution in [0.5, 0.6) is 0 Å². The summed E-state index contributed by atoms with van der Waals surface area (Å²) in [5.41, 5.74) is 2.56. The smallest absolute Gasteiger partial charge is 0.404 e. The Hall–Kier alpha value is -1.71. The highest BCUT2D eigenvalue weighted by Crippen LogP contribution is 2.26. The second-order valence-electron chi connectivity index (χ2n) is 5.91. The van der Waals surface area contributed by atoms with Crippen molar-refractivity contribution < 1.29 is 9.90 Å². The van der Waals surface area contributed by atoms with Crippen LogP contribution in [-0.4, -0.2) is 30.8 Å². The lowest BCUT2D eigenvalue weighted by Gasteiger charge is -2.33. The molecule has 1 aromatic carbocycles. The third-order valence-corrected chi connectivity index (χ3v) is 4.36. The van der Waals surface area contributed by atoms with Crippen LogP contribution in [0.3, 0.4) is 0 Å². The number of rotatable bonds is 6. The molecule has 2 N–H and O–H groups in total. The van der Waals surface area contributed by atoms with Crippen LogP contribution in [0.4, 0.5) is 10.5 Å². The van der Waals surface area contributed by atoms with Crippen LogP contribution >= 0.6 is 0 Å². The second kappa shape index (κ2) is 7.91. The van der Waals surface area contributed by atoms with Crippen molar-refractivity contribution in [2.45, 2.75) is 51.0 Å². The van der Waals surface area contributed by atoms with Crippen LogP contribution in [0, 0.1) is 0 Å². The number of amides is 1. The van der Waals surface area contributed by atoms with E-state index in [1.165, 1.54) is 43.4 Å². The highest BCUT2D eigenvalue weighted by Gasteiger charge is 2.18. The maximum atomic E-state index is 10.4. The lowest BCUT2D eigenvalue weighted by atomic mass is 9.94. The minimum atomic E-state index is -0.944. The molecule has 0 aromatic heterocycles. The monoisotopic (exact) mass is 290 g/mol. The molecule has 4 heteroatoms. The Morgan fingerprint density at radius 1 is 1.33 bits per heavy atom. The fraction of sp³-hybridized carbons (Fsp3) is 0.588. The van der Waals surface area contributed by atoms with E-state index in [2.05, 4.69) is 41.5 Å². The number of nitrogens with zero attached hydrogens (tertiary/aromatic N) is 1. The summed E-state index contributed by atoms with van der Waals surface area (Å²) < 4.78 is 0. The summed E-state index contributed by atoms with van der Waals surface area (Å²) >= 11 is 0. The molecule has 0 heterocycles. The molecule has 0 spiro atoms. The third-order valence-electron chi connectivity index (χ3n) is 4.36. The summed E-state index contributed by atoms with van der Waals surface area (Å²) in [6.45, 7) is 0.512. The molecule has 21 heavy (non-hydrogen) atoms. The Morgan fingerprint density at radius 3 is 2.81 bits per heavy atom. The lowest BCUT2D eigenvalue weighted by molar-refractivity contribution is 0.194. The topological polar surface area (TPSA) is 52.6 Å². The number of benzene rings is 1. The van der Waals surface area contributed by atoms with Gasteiger partial charge in [0.05, 0.1) is 0 Å². The van der Waals surface area contributed by atoms with Gasteiger partial charge in [-0.25, -0.2) is 4.79 Å². The van der Waals surface area contributed by atoms with E-state index in [1.807, 2.05) is 0 Å². The first kappa shape index (κ1) is 15.7. The number of nitrogens with one attached hydrogen (secondary N) is 1. The predicted molar refractivity (Wildman–Crippen MR) is 86.1 cm³/mol. The lowest BCUT2D eigenvalue weighted by Crippen LogP contribution is -2.33. The maximum absolute atomic E-state index is 10.4. The van der Waals surface area contributed by atoms with E-state index in [0.717, 1.165) is 12.8 Å². The zero-order valence-corrected chi connectivity index (χ0v) is 12.8. The molecule has 1 amide bonds. The number of carbonyl (C=O) groups is 1. The summed E-state index contributed by atoms with van der Waals surface area (Å²) in [5.74, 6) is 0.